The van der Waals surface area contributed by atoms with Crippen LogP contribution in [0.5, 0.6) is 0 Å². The summed E-state index contributed by atoms with van der Waals surface area (Å²) < 4.78 is 5.73. The molecule has 0 aliphatic carbocycles. The van der Waals surface area contributed by atoms with Gasteiger partial charge >= 0.3 is 83.0 Å². The van der Waals surface area contributed by atoms with Gasteiger partial charge in [-0.3, -0.25) is 0 Å². The number of carbonyl (C=O) groups is 1. The molecule has 13 heavy (non-hydrogen) atoms. The van der Waals surface area contributed by atoms with Gasteiger partial charge in [-0.2, -0.15) is 0 Å². The second kappa shape index (κ2) is 5.02. The van der Waals surface area contributed by atoms with Crippen molar-refractivity contribution in [1.82, 2.24) is 0 Å². The van der Waals surface area contributed by atoms with Crippen molar-refractivity contribution in [1.29, 1.82) is 0 Å². The SMILES string of the molecule is COC(=O)c1cccc([Se]CN)c1. The molecule has 0 aromatic heterocycles. The number of methoxy groups -OCH3 is 1. The molecule has 2 N–H and O–H groups in total. The third-order valence-electron chi connectivity index (χ3n) is 1.51. The van der Waals surface area contributed by atoms with Gasteiger partial charge in [0.05, 0.1) is 0 Å². The number of rotatable bonds is 3. The average Bonchev–Trinajstić information content (AvgIpc) is 2.18. The van der Waals surface area contributed by atoms with Crippen molar-refractivity contribution < 1.29 is 9.53 Å². The van der Waals surface area contributed by atoms with Gasteiger partial charge in [0.2, 0.25) is 0 Å². The van der Waals surface area contributed by atoms with Gasteiger partial charge in [-0.15, -0.1) is 0 Å². The maximum absolute atomic E-state index is 11.1. The van der Waals surface area contributed by atoms with E-state index in [1.165, 1.54) is 7.11 Å². The number of nitrogens with two attached hydrogens (primary N) is 1. The van der Waals surface area contributed by atoms with E-state index >= 15 is 0 Å². The van der Waals surface area contributed by atoms with E-state index < -0.39 is 0 Å². The Morgan fingerprint density at radius 3 is 3.00 bits per heavy atom. The van der Waals surface area contributed by atoms with Gasteiger partial charge in [0.1, 0.15) is 0 Å². The summed E-state index contributed by atoms with van der Waals surface area (Å²) in [7, 11) is 1.38. The first-order chi connectivity index (χ1) is 6.27. The van der Waals surface area contributed by atoms with E-state index in [-0.39, 0.29) is 20.9 Å². The monoisotopic (exact) mass is 245 g/mol. The van der Waals surface area contributed by atoms with Crippen LogP contribution in [0.3, 0.4) is 0 Å². The summed E-state index contributed by atoms with van der Waals surface area (Å²) in [6.45, 7) is 0. The molecule has 0 aliphatic heterocycles. The fourth-order valence-corrected chi connectivity index (χ4v) is 2.14. The topological polar surface area (TPSA) is 52.3 Å². The minimum absolute atomic E-state index is 0.254. The molecule has 0 unspecified atom stereocenters. The second-order valence-corrected chi connectivity index (χ2v) is 4.62. The van der Waals surface area contributed by atoms with Crippen molar-refractivity contribution in [3.05, 3.63) is 29.8 Å². The Labute approximate surface area is 83.4 Å². The molecule has 0 radical (unpaired) electrons. The van der Waals surface area contributed by atoms with Crippen LogP contribution in [-0.2, 0) is 4.74 Å². The number of carbonyl (C=O) groups excluding carboxylic acids is 1. The molecular weight excluding hydrogens is 233 g/mol. The zero-order valence-electron chi connectivity index (χ0n) is 7.32. The number of benzene rings is 1. The molecule has 1 aromatic carbocycles. The Kier molecular flexibility index (Phi) is 3.96. The molecule has 0 fully saturated rings. The third kappa shape index (κ3) is 2.84. The molecule has 4 heteroatoms. The van der Waals surface area contributed by atoms with E-state index in [1.54, 1.807) is 6.07 Å². The Bertz CT molecular complexity index is 301. The van der Waals surface area contributed by atoms with Crippen LogP contribution in [0.4, 0.5) is 0 Å². The summed E-state index contributed by atoms with van der Waals surface area (Å²) >= 11 is 0.254. The van der Waals surface area contributed by atoms with Crippen molar-refractivity contribution in [2.45, 2.75) is 0 Å². The van der Waals surface area contributed by atoms with Crippen LogP contribution in [0, 0.1) is 0 Å². The molecule has 0 saturated heterocycles. The van der Waals surface area contributed by atoms with Gasteiger partial charge in [-0.05, 0) is 0 Å². The first kappa shape index (κ1) is 10.3. The van der Waals surface area contributed by atoms with Crippen LogP contribution in [0.15, 0.2) is 24.3 Å². The van der Waals surface area contributed by atoms with Crippen LogP contribution in [0.1, 0.15) is 10.4 Å². The summed E-state index contributed by atoms with van der Waals surface area (Å²) in [6.07, 6.45) is 0. The summed E-state index contributed by atoms with van der Waals surface area (Å²) in [5, 5.41) is 0. The third-order valence-corrected chi connectivity index (χ3v) is 3.09. The summed E-state index contributed by atoms with van der Waals surface area (Å²) in [6, 6.07) is 7.39. The predicted molar refractivity (Wildman–Crippen MR) is 52.2 cm³/mol. The molecule has 0 heterocycles. The predicted octanol–water partition coefficient (Wildman–Crippen LogP) is -0.281. The van der Waals surface area contributed by atoms with Gasteiger partial charge in [0.25, 0.3) is 0 Å². The molecule has 1 rings (SSSR count). The Balaban J connectivity index is 2.85. The average molecular weight is 244 g/mol. The molecule has 70 valence electrons. The van der Waals surface area contributed by atoms with Crippen LogP contribution >= 0.6 is 0 Å². The molecule has 1 aromatic rings. The molecule has 0 saturated carbocycles. The summed E-state index contributed by atoms with van der Waals surface area (Å²) in [5.41, 5.74) is 6.67. The van der Waals surface area contributed by atoms with E-state index in [2.05, 4.69) is 4.74 Å². The fourth-order valence-electron chi connectivity index (χ4n) is 0.927. The van der Waals surface area contributed by atoms with Crippen molar-refractivity contribution in [2.75, 3.05) is 12.6 Å². The van der Waals surface area contributed by atoms with Gasteiger partial charge in [0.15, 0.2) is 0 Å². The Morgan fingerprint density at radius 2 is 2.38 bits per heavy atom. The minimum atomic E-state index is -0.297. The Hall–Kier alpha value is -0.831. The number of hydrogen-bond acceptors (Lipinski definition) is 3. The molecule has 0 bridgehead atoms. The quantitative estimate of drug-likeness (QED) is 0.587. The zero-order chi connectivity index (χ0) is 9.68. The van der Waals surface area contributed by atoms with Gasteiger partial charge in [-0.25, -0.2) is 0 Å². The number of hydrogen-bond donors (Lipinski definition) is 1. The van der Waals surface area contributed by atoms with E-state index in [1.807, 2.05) is 18.2 Å². The number of esters is 1. The van der Waals surface area contributed by atoms with Crippen molar-refractivity contribution in [3.8, 4) is 0 Å². The van der Waals surface area contributed by atoms with E-state index in [0.717, 1.165) is 4.46 Å². The number of ether oxygens (including phenoxy) is 1. The molecule has 0 atom stereocenters. The van der Waals surface area contributed by atoms with Crippen molar-refractivity contribution in [3.63, 3.8) is 0 Å². The molecular formula is C9H11NO2Se. The maximum atomic E-state index is 11.1. The molecule has 0 spiro atoms. The van der Waals surface area contributed by atoms with Crippen molar-refractivity contribution in [2.24, 2.45) is 5.73 Å². The van der Waals surface area contributed by atoms with Gasteiger partial charge in [0, 0.05) is 0 Å². The summed E-state index contributed by atoms with van der Waals surface area (Å²) in [4.78, 5) is 11.1. The van der Waals surface area contributed by atoms with E-state index in [0.29, 0.717) is 11.0 Å². The van der Waals surface area contributed by atoms with Crippen LogP contribution in [0.25, 0.3) is 0 Å². The second-order valence-electron chi connectivity index (χ2n) is 2.33. The first-order valence-corrected chi connectivity index (χ1v) is 5.86. The molecule has 0 aliphatic rings. The standard InChI is InChI=1S/C9H11NO2Se/c1-12-9(11)7-3-2-4-8(5-7)13-6-10/h2-5H,6,10H2,1H3. The van der Waals surface area contributed by atoms with Crippen molar-refractivity contribution >= 4 is 25.4 Å². The van der Waals surface area contributed by atoms with Crippen LogP contribution in [0.2, 0.25) is 0 Å². The zero-order valence-corrected chi connectivity index (χ0v) is 9.03. The molecule has 0 amide bonds. The first-order valence-electron chi connectivity index (χ1n) is 3.79. The van der Waals surface area contributed by atoms with Gasteiger partial charge in [-0.1, -0.05) is 0 Å². The molecule has 3 nitrogen and oxygen atoms in total. The van der Waals surface area contributed by atoms with E-state index in [4.69, 9.17) is 5.73 Å². The van der Waals surface area contributed by atoms with Gasteiger partial charge < -0.3 is 0 Å². The summed E-state index contributed by atoms with van der Waals surface area (Å²) in [5.74, 6) is -0.297. The fraction of sp³-hybridized carbons (Fsp3) is 0.222. The Morgan fingerprint density at radius 1 is 1.62 bits per heavy atom. The van der Waals surface area contributed by atoms with E-state index in [9.17, 15) is 4.79 Å². The normalized spacial score (nSPS) is 9.69. The van der Waals surface area contributed by atoms with Crippen LogP contribution < -0.4 is 10.2 Å². The van der Waals surface area contributed by atoms with Crippen LogP contribution in [-0.4, -0.2) is 33.5 Å².